The first kappa shape index (κ1) is 15.4. The van der Waals surface area contributed by atoms with Gasteiger partial charge in [0, 0.05) is 18.1 Å². The largest absolute Gasteiger partial charge is 0.396 e. The van der Waals surface area contributed by atoms with Gasteiger partial charge >= 0.3 is 0 Å². The van der Waals surface area contributed by atoms with E-state index in [2.05, 4.69) is 21.2 Å². The van der Waals surface area contributed by atoms with Gasteiger partial charge in [0.2, 0.25) is 5.91 Å². The van der Waals surface area contributed by atoms with Crippen LogP contribution in [-0.4, -0.2) is 36.9 Å². The first-order valence-corrected chi connectivity index (χ1v) is 6.42. The van der Waals surface area contributed by atoms with Crippen molar-refractivity contribution in [2.45, 2.75) is 6.92 Å². The third-order valence-corrected chi connectivity index (χ3v) is 3.29. The van der Waals surface area contributed by atoms with Gasteiger partial charge in [-0.3, -0.25) is 9.59 Å². The van der Waals surface area contributed by atoms with E-state index in [1.165, 1.54) is 11.0 Å². The molecule has 1 aromatic carbocycles. The highest BCUT2D eigenvalue weighted by atomic mass is 79.9. The zero-order valence-corrected chi connectivity index (χ0v) is 12.3. The van der Waals surface area contributed by atoms with E-state index < -0.39 is 11.7 Å². The van der Waals surface area contributed by atoms with Crippen molar-refractivity contribution in [1.29, 1.82) is 0 Å². The van der Waals surface area contributed by atoms with Gasteiger partial charge in [-0.2, -0.15) is 0 Å². The molecule has 0 aliphatic rings. The number of carbonyl (C=O) groups excluding carboxylic acids is 2. The molecule has 0 atom stereocenters. The molecular weight excluding hydrogens is 317 g/mol. The lowest BCUT2D eigenvalue weighted by atomic mass is 10.2. The summed E-state index contributed by atoms with van der Waals surface area (Å²) in [6, 6.07) is 2.34. The van der Waals surface area contributed by atoms with E-state index in [0.29, 0.717) is 6.54 Å². The number of nitrogens with one attached hydrogen (secondary N) is 1. The predicted octanol–water partition coefficient (Wildman–Crippen LogP) is 1.38. The van der Waals surface area contributed by atoms with E-state index in [9.17, 15) is 14.0 Å². The number of hydrogen-bond acceptors (Lipinski definition) is 3. The van der Waals surface area contributed by atoms with Crippen LogP contribution < -0.4 is 11.1 Å². The van der Waals surface area contributed by atoms with Gasteiger partial charge in [-0.15, -0.1) is 0 Å². The summed E-state index contributed by atoms with van der Waals surface area (Å²) in [6.45, 7) is 2.27. The monoisotopic (exact) mass is 331 g/mol. The van der Waals surface area contributed by atoms with Crippen LogP contribution in [0, 0.1) is 5.82 Å². The van der Waals surface area contributed by atoms with Gasteiger partial charge in [0.15, 0.2) is 0 Å². The van der Waals surface area contributed by atoms with Crippen LogP contribution in [0.25, 0.3) is 0 Å². The SMILES string of the molecule is CCN(C)C(=O)CNC(=O)c1cc(N)c(F)cc1Br. The lowest BCUT2D eigenvalue weighted by Crippen LogP contribution is -2.38. The van der Waals surface area contributed by atoms with Crippen LogP contribution in [0.2, 0.25) is 0 Å². The van der Waals surface area contributed by atoms with E-state index in [1.807, 2.05) is 6.92 Å². The van der Waals surface area contributed by atoms with Gasteiger partial charge in [-0.25, -0.2) is 4.39 Å². The summed E-state index contributed by atoms with van der Waals surface area (Å²) in [5.41, 5.74) is 5.47. The molecule has 0 bridgehead atoms. The molecule has 0 aromatic heterocycles. The molecule has 3 N–H and O–H groups in total. The summed E-state index contributed by atoms with van der Waals surface area (Å²) in [6.07, 6.45) is 0. The van der Waals surface area contributed by atoms with Crippen LogP contribution >= 0.6 is 15.9 Å². The van der Waals surface area contributed by atoms with Crippen molar-refractivity contribution in [1.82, 2.24) is 10.2 Å². The van der Waals surface area contributed by atoms with Crippen LogP contribution in [0.15, 0.2) is 16.6 Å². The number of halogens is 2. The Hall–Kier alpha value is -1.63. The standard InChI is InChI=1S/C12H15BrFN3O2/c1-3-17(2)11(18)6-16-12(19)7-4-10(15)9(14)5-8(7)13/h4-5H,3,6,15H2,1-2H3,(H,16,19). The van der Waals surface area contributed by atoms with Gasteiger partial charge in [0.05, 0.1) is 17.8 Å². The lowest BCUT2D eigenvalue weighted by molar-refractivity contribution is -0.128. The highest BCUT2D eigenvalue weighted by Gasteiger charge is 2.15. The third kappa shape index (κ3) is 3.92. The zero-order valence-electron chi connectivity index (χ0n) is 10.7. The van der Waals surface area contributed by atoms with Gasteiger partial charge < -0.3 is 16.0 Å². The van der Waals surface area contributed by atoms with Crippen LogP contribution in [0.1, 0.15) is 17.3 Å². The number of amides is 2. The normalized spacial score (nSPS) is 10.1. The molecule has 0 spiro atoms. The molecule has 1 rings (SSSR count). The fraction of sp³-hybridized carbons (Fsp3) is 0.333. The van der Waals surface area contributed by atoms with Gasteiger partial charge in [0.25, 0.3) is 5.91 Å². The molecular formula is C12H15BrFN3O2. The molecule has 0 saturated heterocycles. The number of benzene rings is 1. The van der Waals surface area contributed by atoms with E-state index in [4.69, 9.17) is 5.73 Å². The Labute approximate surface area is 119 Å². The van der Waals surface area contributed by atoms with Crippen molar-refractivity contribution in [2.24, 2.45) is 0 Å². The van der Waals surface area contributed by atoms with Crippen molar-refractivity contribution in [3.05, 3.63) is 28.0 Å². The first-order valence-electron chi connectivity index (χ1n) is 5.63. The summed E-state index contributed by atoms with van der Waals surface area (Å²) >= 11 is 3.08. The van der Waals surface area contributed by atoms with Crippen molar-refractivity contribution in [3.63, 3.8) is 0 Å². The Bertz CT molecular complexity index is 508. The van der Waals surface area contributed by atoms with Gasteiger partial charge in [0.1, 0.15) is 5.82 Å². The second-order valence-corrected chi connectivity index (χ2v) is 4.80. The topological polar surface area (TPSA) is 75.4 Å². The van der Waals surface area contributed by atoms with Crippen LogP contribution in [-0.2, 0) is 4.79 Å². The number of nitrogens with two attached hydrogens (primary N) is 1. The van der Waals surface area contributed by atoms with E-state index in [1.54, 1.807) is 7.05 Å². The molecule has 0 saturated carbocycles. The van der Waals surface area contributed by atoms with Crippen LogP contribution in [0.5, 0.6) is 0 Å². The number of likely N-dealkylation sites (N-methyl/N-ethyl adjacent to an activating group) is 1. The molecule has 2 amide bonds. The number of hydrogen-bond donors (Lipinski definition) is 2. The van der Waals surface area contributed by atoms with Crippen LogP contribution in [0.4, 0.5) is 10.1 Å². The van der Waals surface area contributed by atoms with Gasteiger partial charge in [-0.05, 0) is 35.0 Å². The molecule has 0 aliphatic heterocycles. The average molecular weight is 332 g/mol. The Balaban J connectivity index is 2.74. The Morgan fingerprint density at radius 2 is 2.11 bits per heavy atom. The maximum Gasteiger partial charge on any atom is 0.252 e. The van der Waals surface area contributed by atoms with Crippen molar-refractivity contribution in [3.8, 4) is 0 Å². The number of nitrogen functional groups attached to an aromatic ring is 1. The fourth-order valence-electron chi connectivity index (χ4n) is 1.30. The van der Waals surface area contributed by atoms with Gasteiger partial charge in [-0.1, -0.05) is 0 Å². The fourth-order valence-corrected chi connectivity index (χ4v) is 1.80. The summed E-state index contributed by atoms with van der Waals surface area (Å²) in [5, 5.41) is 2.46. The summed E-state index contributed by atoms with van der Waals surface area (Å²) in [5.74, 6) is -1.30. The summed E-state index contributed by atoms with van der Waals surface area (Å²) in [4.78, 5) is 24.9. The Morgan fingerprint density at radius 1 is 1.47 bits per heavy atom. The van der Waals surface area contributed by atoms with Crippen molar-refractivity contribution in [2.75, 3.05) is 25.9 Å². The number of anilines is 1. The molecule has 0 aliphatic carbocycles. The minimum absolute atomic E-state index is 0.118. The van der Waals surface area contributed by atoms with E-state index >= 15 is 0 Å². The lowest BCUT2D eigenvalue weighted by Gasteiger charge is -2.15. The van der Waals surface area contributed by atoms with Crippen LogP contribution in [0.3, 0.4) is 0 Å². The summed E-state index contributed by atoms with van der Waals surface area (Å²) < 4.78 is 13.4. The molecule has 0 radical (unpaired) electrons. The predicted molar refractivity (Wildman–Crippen MR) is 74.2 cm³/mol. The molecule has 7 heteroatoms. The molecule has 104 valence electrons. The first-order chi connectivity index (χ1) is 8.86. The molecule has 0 unspecified atom stereocenters. The second-order valence-electron chi connectivity index (χ2n) is 3.94. The van der Waals surface area contributed by atoms with E-state index in [0.717, 1.165) is 6.07 Å². The maximum absolute atomic E-state index is 13.1. The molecule has 1 aromatic rings. The molecule has 0 fully saturated rings. The third-order valence-electron chi connectivity index (χ3n) is 2.63. The maximum atomic E-state index is 13.1. The number of carbonyl (C=O) groups is 2. The average Bonchev–Trinajstić information content (AvgIpc) is 2.38. The minimum Gasteiger partial charge on any atom is -0.396 e. The van der Waals surface area contributed by atoms with E-state index in [-0.39, 0.29) is 28.2 Å². The number of nitrogens with zero attached hydrogens (tertiary/aromatic N) is 1. The van der Waals surface area contributed by atoms with Crippen molar-refractivity contribution < 1.29 is 14.0 Å². The highest BCUT2D eigenvalue weighted by molar-refractivity contribution is 9.10. The minimum atomic E-state index is -0.606. The Kier molecular flexibility index (Phi) is 5.29. The number of rotatable bonds is 4. The second kappa shape index (κ2) is 6.51. The van der Waals surface area contributed by atoms with Crippen molar-refractivity contribution >= 4 is 33.4 Å². The highest BCUT2D eigenvalue weighted by Crippen LogP contribution is 2.22. The molecule has 0 heterocycles. The summed E-state index contributed by atoms with van der Waals surface area (Å²) in [7, 11) is 1.64. The zero-order chi connectivity index (χ0) is 14.6. The smallest absolute Gasteiger partial charge is 0.252 e. The molecule has 5 nitrogen and oxygen atoms in total. The Morgan fingerprint density at radius 3 is 2.68 bits per heavy atom. The quantitative estimate of drug-likeness (QED) is 0.818. The molecule has 19 heavy (non-hydrogen) atoms.